The number of hydrogen-bond donors (Lipinski definition) is 0. The van der Waals surface area contributed by atoms with Gasteiger partial charge in [-0.05, 0) is 111 Å². The lowest BCUT2D eigenvalue weighted by molar-refractivity contribution is 0.00578. The molecule has 44 heavy (non-hydrogen) atoms. The Labute approximate surface area is 283 Å². The Morgan fingerprint density at radius 2 is 0.886 bits per heavy atom. The summed E-state index contributed by atoms with van der Waals surface area (Å²) < 4.78 is 14.7. The molecule has 5 heterocycles. The lowest BCUT2D eigenvalue weighted by Crippen LogP contribution is -2.41. The minimum atomic E-state index is -0.256. The van der Waals surface area contributed by atoms with Crippen LogP contribution >= 0.6 is 47.8 Å². The van der Waals surface area contributed by atoms with Gasteiger partial charge in [0.05, 0.1) is 33.3 Å². The van der Waals surface area contributed by atoms with Gasteiger partial charge >= 0.3 is 7.12 Å². The molecule has 6 aromatic rings. The molecule has 0 spiro atoms. The summed E-state index contributed by atoms with van der Waals surface area (Å²) in [5.41, 5.74) is 6.42. The fourth-order valence-electron chi connectivity index (χ4n) is 4.31. The Hall–Kier alpha value is -3.02. The van der Waals surface area contributed by atoms with Gasteiger partial charge < -0.3 is 9.31 Å². The number of nitrogens with zero attached hydrogens (tertiary/aromatic N) is 4. The third-order valence-electron chi connectivity index (χ3n) is 7.40. The summed E-state index contributed by atoms with van der Waals surface area (Å²) in [6.45, 7) is 8.26. The molecular weight excluding hydrogens is 747 g/mol. The Morgan fingerprint density at radius 1 is 0.500 bits per heavy atom. The van der Waals surface area contributed by atoms with Crippen molar-refractivity contribution in [3.05, 3.63) is 123 Å². The molecular formula is C34H30BBr3N4O2. The van der Waals surface area contributed by atoms with E-state index in [1.54, 1.807) is 18.6 Å². The van der Waals surface area contributed by atoms with Crippen molar-refractivity contribution in [1.82, 2.24) is 19.9 Å². The molecule has 0 radical (unpaired) electrons. The molecule has 1 aliphatic rings. The number of pyridine rings is 4. The maximum atomic E-state index is 5.93. The second-order valence-electron chi connectivity index (χ2n) is 11.1. The molecule has 7 rings (SSSR count). The first-order valence-corrected chi connectivity index (χ1v) is 16.3. The molecule has 0 atom stereocenters. The lowest BCUT2D eigenvalue weighted by Gasteiger charge is -2.32. The van der Waals surface area contributed by atoms with Crippen LogP contribution in [-0.2, 0) is 9.31 Å². The van der Waals surface area contributed by atoms with E-state index in [9.17, 15) is 0 Å². The standard InChI is InChI=1S/C14H9BrN2.C12H17BO2.C8H4Br2N2/c15-12-7-14-13(17-9-12)6-11(8-16-14)10-4-2-1-3-5-10;1-11(2)12(3,4)15-13(14-11)10-8-6-5-7-9-10;9-5-1-7-8(12-3-5)2-6(10)4-11-7/h1-9H;5-9H,1-4H3;1-4H. The first kappa shape index (κ1) is 32.4. The van der Waals surface area contributed by atoms with Crippen LogP contribution in [0.3, 0.4) is 0 Å². The van der Waals surface area contributed by atoms with Gasteiger partial charge in [0, 0.05) is 43.8 Å². The Bertz CT molecular complexity index is 1820. The van der Waals surface area contributed by atoms with Gasteiger partial charge in [-0.2, -0.15) is 0 Å². The van der Waals surface area contributed by atoms with E-state index in [4.69, 9.17) is 9.31 Å². The summed E-state index contributed by atoms with van der Waals surface area (Å²) in [6.07, 6.45) is 7.19. The van der Waals surface area contributed by atoms with Crippen molar-refractivity contribution < 1.29 is 9.31 Å². The highest BCUT2D eigenvalue weighted by Crippen LogP contribution is 2.36. The second-order valence-corrected chi connectivity index (χ2v) is 13.9. The summed E-state index contributed by atoms with van der Waals surface area (Å²) in [5.74, 6) is 0. The minimum Gasteiger partial charge on any atom is -0.399 e. The molecule has 2 aromatic carbocycles. The number of aromatic nitrogens is 4. The lowest BCUT2D eigenvalue weighted by atomic mass is 9.79. The summed E-state index contributed by atoms with van der Waals surface area (Å²) in [4.78, 5) is 17.2. The van der Waals surface area contributed by atoms with Crippen LogP contribution in [0.15, 0.2) is 123 Å². The molecule has 0 aliphatic carbocycles. The van der Waals surface area contributed by atoms with Gasteiger partial charge in [-0.15, -0.1) is 0 Å². The van der Waals surface area contributed by atoms with Gasteiger partial charge in [-0.25, -0.2) is 0 Å². The molecule has 0 unspecified atom stereocenters. The average molecular weight is 777 g/mol. The molecule has 6 nitrogen and oxygen atoms in total. The van der Waals surface area contributed by atoms with E-state index >= 15 is 0 Å². The van der Waals surface area contributed by atoms with Gasteiger partial charge in [0.1, 0.15) is 0 Å². The molecule has 1 aliphatic heterocycles. The molecule has 222 valence electrons. The Balaban J connectivity index is 0.000000133. The van der Waals surface area contributed by atoms with Crippen LogP contribution in [0.4, 0.5) is 0 Å². The molecule has 1 fully saturated rings. The van der Waals surface area contributed by atoms with Crippen LogP contribution in [0.2, 0.25) is 0 Å². The predicted octanol–water partition coefficient (Wildman–Crippen LogP) is 9.20. The van der Waals surface area contributed by atoms with Crippen molar-refractivity contribution in [1.29, 1.82) is 0 Å². The summed E-state index contributed by atoms with van der Waals surface area (Å²) >= 11 is 10.1. The number of benzene rings is 2. The average Bonchev–Trinajstić information content (AvgIpc) is 3.24. The van der Waals surface area contributed by atoms with Gasteiger partial charge in [0.25, 0.3) is 0 Å². The molecule has 0 N–H and O–H groups in total. The second kappa shape index (κ2) is 14.0. The van der Waals surface area contributed by atoms with Crippen molar-refractivity contribution >= 4 is 82.4 Å². The summed E-state index contributed by atoms with van der Waals surface area (Å²) in [6, 6.07) is 28.2. The quantitative estimate of drug-likeness (QED) is 0.164. The van der Waals surface area contributed by atoms with Crippen LogP contribution in [-0.4, -0.2) is 38.3 Å². The van der Waals surface area contributed by atoms with Crippen LogP contribution in [0.1, 0.15) is 27.7 Å². The summed E-state index contributed by atoms with van der Waals surface area (Å²) in [7, 11) is -0.240. The van der Waals surface area contributed by atoms with E-state index in [0.29, 0.717) is 0 Å². The number of hydrogen-bond acceptors (Lipinski definition) is 6. The normalized spacial score (nSPS) is 14.8. The van der Waals surface area contributed by atoms with Gasteiger partial charge in [-0.3, -0.25) is 19.9 Å². The first-order chi connectivity index (χ1) is 21.0. The number of rotatable bonds is 2. The van der Waals surface area contributed by atoms with E-state index in [0.717, 1.165) is 52.1 Å². The van der Waals surface area contributed by atoms with Gasteiger partial charge in [-0.1, -0.05) is 60.7 Å². The van der Waals surface area contributed by atoms with E-state index < -0.39 is 0 Å². The molecule has 0 amide bonds. The zero-order chi connectivity index (χ0) is 31.3. The van der Waals surface area contributed by atoms with Gasteiger partial charge in [0.15, 0.2) is 0 Å². The fraction of sp³-hybridized carbons (Fsp3) is 0.176. The Kier molecular flexibility index (Phi) is 10.3. The van der Waals surface area contributed by atoms with E-state index in [1.165, 1.54) is 0 Å². The molecule has 0 saturated carbocycles. The van der Waals surface area contributed by atoms with Crippen molar-refractivity contribution in [2.45, 2.75) is 38.9 Å². The highest BCUT2D eigenvalue weighted by Gasteiger charge is 2.51. The largest absolute Gasteiger partial charge is 0.494 e. The maximum Gasteiger partial charge on any atom is 0.494 e. The van der Waals surface area contributed by atoms with Crippen molar-refractivity contribution in [3.63, 3.8) is 0 Å². The predicted molar refractivity (Wildman–Crippen MR) is 190 cm³/mol. The SMILES string of the molecule is Brc1cnc2cc(-c3ccccc3)cnc2c1.Brc1cnc2cc(Br)cnc2c1.CC1(C)OB(c2ccccc2)OC1(C)C. The summed E-state index contributed by atoms with van der Waals surface area (Å²) in [5, 5.41) is 0. The maximum absolute atomic E-state index is 5.93. The highest BCUT2D eigenvalue weighted by molar-refractivity contribution is 9.11. The van der Waals surface area contributed by atoms with Crippen molar-refractivity contribution in [2.24, 2.45) is 0 Å². The third kappa shape index (κ3) is 7.97. The van der Waals surface area contributed by atoms with Crippen LogP contribution in [0.25, 0.3) is 33.2 Å². The zero-order valence-corrected chi connectivity index (χ0v) is 29.5. The van der Waals surface area contributed by atoms with Crippen molar-refractivity contribution in [3.8, 4) is 11.1 Å². The molecule has 1 saturated heterocycles. The first-order valence-electron chi connectivity index (χ1n) is 13.9. The number of fused-ring (bicyclic) bond motifs is 2. The van der Waals surface area contributed by atoms with E-state index in [1.807, 2.05) is 72.9 Å². The zero-order valence-electron chi connectivity index (χ0n) is 24.7. The minimum absolute atomic E-state index is 0.240. The van der Waals surface area contributed by atoms with Crippen LogP contribution in [0, 0.1) is 0 Å². The van der Waals surface area contributed by atoms with Crippen LogP contribution < -0.4 is 5.46 Å². The monoisotopic (exact) mass is 774 g/mol. The number of halogens is 3. The molecule has 10 heteroatoms. The Morgan fingerprint density at radius 3 is 1.34 bits per heavy atom. The fourth-order valence-corrected chi connectivity index (χ4v) is 5.27. The molecule has 0 bridgehead atoms. The highest BCUT2D eigenvalue weighted by atomic mass is 79.9. The topological polar surface area (TPSA) is 70.0 Å². The van der Waals surface area contributed by atoms with Gasteiger partial charge in [0.2, 0.25) is 0 Å². The van der Waals surface area contributed by atoms with Crippen LogP contribution in [0.5, 0.6) is 0 Å². The third-order valence-corrected chi connectivity index (χ3v) is 8.70. The molecule has 4 aromatic heterocycles. The van der Waals surface area contributed by atoms with E-state index in [2.05, 4.69) is 114 Å². The van der Waals surface area contributed by atoms with E-state index in [-0.39, 0.29) is 18.3 Å². The van der Waals surface area contributed by atoms with Crippen molar-refractivity contribution in [2.75, 3.05) is 0 Å². The smallest absolute Gasteiger partial charge is 0.399 e.